The quantitative estimate of drug-likeness (QED) is 0.324. The van der Waals surface area contributed by atoms with E-state index in [1.165, 1.54) is 6.07 Å². The standard InChI is InChI=1S/C25H18Cl2N4O2/c26-18-4-2-17(3-5-18)25-12-23(32)22-11-16(1-10-24(22)33-25)14-31-15-21(29-30-31)13-28-20-8-6-19(27)7-9-20/h1-12,15,28H,13-14H2. The Labute approximate surface area is 199 Å². The lowest BCUT2D eigenvalue weighted by molar-refractivity contribution is 0.617. The summed E-state index contributed by atoms with van der Waals surface area (Å²) in [6.07, 6.45) is 1.87. The SMILES string of the molecule is O=c1cc(-c2ccc(Cl)cc2)oc2ccc(Cn3cc(CNc4ccc(Cl)cc4)nn3)cc12. The molecule has 8 heteroatoms. The van der Waals surface area contributed by atoms with Gasteiger partial charge in [0.2, 0.25) is 0 Å². The summed E-state index contributed by atoms with van der Waals surface area (Å²) in [5.74, 6) is 0.506. The van der Waals surface area contributed by atoms with Crippen LogP contribution in [0.15, 0.2) is 88.2 Å². The van der Waals surface area contributed by atoms with Gasteiger partial charge in [-0.15, -0.1) is 5.10 Å². The van der Waals surface area contributed by atoms with E-state index in [2.05, 4.69) is 15.6 Å². The first-order valence-electron chi connectivity index (χ1n) is 10.2. The van der Waals surface area contributed by atoms with E-state index in [-0.39, 0.29) is 5.43 Å². The average Bonchev–Trinajstić information content (AvgIpc) is 3.27. The van der Waals surface area contributed by atoms with Crippen molar-refractivity contribution in [3.63, 3.8) is 0 Å². The summed E-state index contributed by atoms with van der Waals surface area (Å²) in [4.78, 5) is 12.8. The molecule has 5 aromatic rings. The highest BCUT2D eigenvalue weighted by Crippen LogP contribution is 2.24. The lowest BCUT2D eigenvalue weighted by Gasteiger charge is -2.06. The molecule has 0 fully saturated rings. The van der Waals surface area contributed by atoms with Gasteiger partial charge in [0.05, 0.1) is 24.7 Å². The Hall–Kier alpha value is -3.61. The van der Waals surface area contributed by atoms with Crippen molar-refractivity contribution in [2.75, 3.05) is 5.32 Å². The topological polar surface area (TPSA) is 73.0 Å². The third kappa shape index (κ3) is 4.92. The van der Waals surface area contributed by atoms with Crippen LogP contribution in [0.25, 0.3) is 22.3 Å². The number of benzene rings is 3. The molecule has 2 aromatic heterocycles. The molecule has 1 N–H and O–H groups in total. The van der Waals surface area contributed by atoms with Crippen molar-refractivity contribution < 1.29 is 4.42 Å². The van der Waals surface area contributed by atoms with Gasteiger partial charge in [0, 0.05) is 27.4 Å². The molecule has 0 aliphatic carbocycles. The largest absolute Gasteiger partial charge is 0.456 e. The van der Waals surface area contributed by atoms with E-state index in [0.717, 1.165) is 22.5 Å². The number of aromatic nitrogens is 3. The maximum Gasteiger partial charge on any atom is 0.193 e. The Morgan fingerprint density at radius 1 is 0.909 bits per heavy atom. The molecule has 0 unspecified atom stereocenters. The van der Waals surface area contributed by atoms with E-state index < -0.39 is 0 Å². The van der Waals surface area contributed by atoms with E-state index in [0.29, 0.717) is 39.9 Å². The Kier molecular flexibility index (Phi) is 5.86. The molecule has 0 amide bonds. The molecule has 0 atom stereocenters. The lowest BCUT2D eigenvalue weighted by atomic mass is 10.1. The molecular weight excluding hydrogens is 459 g/mol. The molecule has 0 saturated heterocycles. The molecule has 0 radical (unpaired) electrons. The number of nitrogens with zero attached hydrogens (tertiary/aromatic N) is 3. The number of nitrogens with one attached hydrogen (secondary N) is 1. The van der Waals surface area contributed by atoms with E-state index in [9.17, 15) is 4.79 Å². The molecule has 3 aromatic carbocycles. The fourth-order valence-electron chi connectivity index (χ4n) is 3.50. The second-order valence-electron chi connectivity index (χ2n) is 7.58. The fraction of sp³-hybridized carbons (Fsp3) is 0.0800. The normalized spacial score (nSPS) is 11.1. The summed E-state index contributed by atoms with van der Waals surface area (Å²) < 4.78 is 7.70. The number of rotatable bonds is 6. The van der Waals surface area contributed by atoms with Gasteiger partial charge in [-0.3, -0.25) is 4.79 Å². The monoisotopic (exact) mass is 476 g/mol. The van der Waals surface area contributed by atoms with Crippen molar-refractivity contribution in [2.45, 2.75) is 13.1 Å². The first-order valence-corrected chi connectivity index (χ1v) is 11.0. The third-order valence-electron chi connectivity index (χ3n) is 5.17. The van der Waals surface area contributed by atoms with Gasteiger partial charge in [0.15, 0.2) is 5.43 Å². The van der Waals surface area contributed by atoms with Gasteiger partial charge in [-0.1, -0.05) is 34.5 Å². The third-order valence-corrected chi connectivity index (χ3v) is 5.67. The minimum Gasteiger partial charge on any atom is -0.456 e. The van der Waals surface area contributed by atoms with Crippen LogP contribution in [-0.2, 0) is 13.1 Å². The van der Waals surface area contributed by atoms with Gasteiger partial charge in [0.25, 0.3) is 0 Å². The van der Waals surface area contributed by atoms with Gasteiger partial charge >= 0.3 is 0 Å². The molecule has 2 heterocycles. The average molecular weight is 477 g/mol. The van der Waals surface area contributed by atoms with Crippen molar-refractivity contribution in [2.24, 2.45) is 0 Å². The highest BCUT2D eigenvalue weighted by molar-refractivity contribution is 6.30. The molecule has 0 aliphatic rings. The van der Waals surface area contributed by atoms with Gasteiger partial charge in [-0.25, -0.2) is 4.68 Å². The maximum absolute atomic E-state index is 12.8. The minimum atomic E-state index is -0.102. The van der Waals surface area contributed by atoms with E-state index in [1.807, 2.05) is 60.8 Å². The summed E-state index contributed by atoms with van der Waals surface area (Å²) in [6, 6.07) is 21.7. The van der Waals surface area contributed by atoms with Crippen molar-refractivity contribution in [3.05, 3.63) is 111 Å². The first-order chi connectivity index (χ1) is 16.0. The Balaban J connectivity index is 1.32. The van der Waals surface area contributed by atoms with E-state index in [4.69, 9.17) is 27.6 Å². The van der Waals surface area contributed by atoms with Crippen LogP contribution in [0.1, 0.15) is 11.3 Å². The van der Waals surface area contributed by atoms with E-state index >= 15 is 0 Å². The zero-order valence-electron chi connectivity index (χ0n) is 17.3. The van der Waals surface area contributed by atoms with Gasteiger partial charge in [0.1, 0.15) is 17.0 Å². The maximum atomic E-state index is 12.8. The highest BCUT2D eigenvalue weighted by Gasteiger charge is 2.09. The Bertz CT molecular complexity index is 1480. The molecule has 0 aliphatic heterocycles. The van der Waals surface area contributed by atoms with Crippen LogP contribution in [0.4, 0.5) is 5.69 Å². The van der Waals surface area contributed by atoms with Crippen LogP contribution in [0.3, 0.4) is 0 Å². The summed E-state index contributed by atoms with van der Waals surface area (Å²) >= 11 is 11.9. The summed E-state index contributed by atoms with van der Waals surface area (Å²) in [7, 11) is 0. The molecular formula is C25H18Cl2N4O2. The molecule has 5 rings (SSSR count). The Morgan fingerprint density at radius 2 is 1.64 bits per heavy atom. The lowest BCUT2D eigenvalue weighted by Crippen LogP contribution is -2.04. The van der Waals surface area contributed by atoms with Crippen LogP contribution >= 0.6 is 23.2 Å². The molecule has 0 saturated carbocycles. The Morgan fingerprint density at radius 3 is 2.39 bits per heavy atom. The second kappa shape index (κ2) is 9.10. The van der Waals surface area contributed by atoms with Crippen LogP contribution in [0, 0.1) is 0 Å². The zero-order chi connectivity index (χ0) is 22.8. The summed E-state index contributed by atoms with van der Waals surface area (Å²) in [5, 5.41) is 13.5. The fourth-order valence-corrected chi connectivity index (χ4v) is 3.75. The molecule has 164 valence electrons. The number of anilines is 1. The molecule has 0 spiro atoms. The molecule has 33 heavy (non-hydrogen) atoms. The predicted molar refractivity (Wildman–Crippen MR) is 131 cm³/mol. The van der Waals surface area contributed by atoms with Gasteiger partial charge in [-0.2, -0.15) is 0 Å². The van der Waals surface area contributed by atoms with Crippen molar-refractivity contribution in [3.8, 4) is 11.3 Å². The predicted octanol–water partition coefficient (Wildman–Crippen LogP) is 6.02. The van der Waals surface area contributed by atoms with Crippen molar-refractivity contribution in [1.29, 1.82) is 0 Å². The first kappa shape index (κ1) is 21.2. The summed E-state index contributed by atoms with van der Waals surface area (Å²) in [6.45, 7) is 1.03. The zero-order valence-corrected chi connectivity index (χ0v) is 18.8. The number of halogens is 2. The number of hydrogen-bond donors (Lipinski definition) is 1. The number of hydrogen-bond acceptors (Lipinski definition) is 5. The van der Waals surface area contributed by atoms with Crippen LogP contribution in [0.5, 0.6) is 0 Å². The van der Waals surface area contributed by atoms with Crippen LogP contribution < -0.4 is 10.7 Å². The van der Waals surface area contributed by atoms with Crippen molar-refractivity contribution >= 4 is 39.9 Å². The molecule has 0 bridgehead atoms. The van der Waals surface area contributed by atoms with Gasteiger partial charge < -0.3 is 9.73 Å². The van der Waals surface area contributed by atoms with Crippen molar-refractivity contribution in [1.82, 2.24) is 15.0 Å². The van der Waals surface area contributed by atoms with Crippen LogP contribution in [0.2, 0.25) is 10.0 Å². The minimum absolute atomic E-state index is 0.102. The van der Waals surface area contributed by atoms with Crippen LogP contribution in [-0.4, -0.2) is 15.0 Å². The second-order valence-corrected chi connectivity index (χ2v) is 8.45. The summed E-state index contributed by atoms with van der Waals surface area (Å²) in [5.41, 5.74) is 3.91. The van der Waals surface area contributed by atoms with E-state index in [1.54, 1.807) is 16.8 Å². The number of fused-ring (bicyclic) bond motifs is 1. The smallest absolute Gasteiger partial charge is 0.193 e. The molecule has 6 nitrogen and oxygen atoms in total. The highest BCUT2D eigenvalue weighted by atomic mass is 35.5. The van der Waals surface area contributed by atoms with Gasteiger partial charge in [-0.05, 0) is 66.2 Å².